The van der Waals surface area contributed by atoms with Crippen molar-refractivity contribution < 1.29 is 0 Å². The first-order chi connectivity index (χ1) is 11.1. The van der Waals surface area contributed by atoms with E-state index in [1.54, 1.807) is 0 Å². The highest BCUT2D eigenvalue weighted by Gasteiger charge is 2.12. The van der Waals surface area contributed by atoms with Crippen molar-refractivity contribution in [2.45, 2.75) is 0 Å². The van der Waals surface area contributed by atoms with Gasteiger partial charge in [0.1, 0.15) is 0 Å². The van der Waals surface area contributed by atoms with E-state index < -0.39 is 0 Å². The normalized spacial score (nSPS) is 11.3. The average Bonchev–Trinajstić information content (AvgIpc) is 2.53. The summed E-state index contributed by atoms with van der Waals surface area (Å²) in [5.74, 6) is 0. The van der Waals surface area contributed by atoms with E-state index in [2.05, 4.69) is 108 Å². The summed E-state index contributed by atoms with van der Waals surface area (Å²) in [6.07, 6.45) is 0. The highest BCUT2D eigenvalue weighted by Crippen LogP contribution is 2.37. The van der Waals surface area contributed by atoms with Crippen LogP contribution in [0.15, 0.2) is 74.1 Å². The largest absolute Gasteiger partial charge is 0.248 e. The van der Waals surface area contributed by atoms with Crippen LogP contribution in [0.1, 0.15) is 0 Å². The van der Waals surface area contributed by atoms with Gasteiger partial charge in [-0.15, -0.1) is 0 Å². The predicted octanol–water partition coefficient (Wildman–Crippen LogP) is 7.34. The fourth-order valence-electron chi connectivity index (χ4n) is 2.82. The number of hydrogen-bond donors (Lipinski definition) is 0. The van der Waals surface area contributed by atoms with Gasteiger partial charge in [-0.1, -0.05) is 72.1 Å². The Morgan fingerprint density at radius 3 is 1.57 bits per heavy atom. The van der Waals surface area contributed by atoms with E-state index >= 15 is 0 Å². The van der Waals surface area contributed by atoms with E-state index in [0.29, 0.717) is 0 Å². The Kier molecular flexibility index (Phi) is 4.00. The SMILES string of the molecule is Brc1ccc(-c2c3ccc(Br)cc3nc3cc(Br)ccc23)cc1. The van der Waals surface area contributed by atoms with Crippen molar-refractivity contribution in [2.24, 2.45) is 0 Å². The molecule has 0 aliphatic heterocycles. The molecule has 0 N–H and O–H groups in total. The number of pyridine rings is 1. The zero-order chi connectivity index (χ0) is 16.0. The quantitative estimate of drug-likeness (QED) is 0.254. The monoisotopic (exact) mass is 489 g/mol. The van der Waals surface area contributed by atoms with Gasteiger partial charge in [0, 0.05) is 29.8 Å². The molecule has 0 atom stereocenters. The van der Waals surface area contributed by atoms with Crippen molar-refractivity contribution in [1.29, 1.82) is 0 Å². The Bertz CT molecular complexity index is 980. The van der Waals surface area contributed by atoms with Crippen LogP contribution >= 0.6 is 47.8 Å². The first kappa shape index (κ1) is 15.3. The third kappa shape index (κ3) is 2.84. The zero-order valence-corrected chi connectivity index (χ0v) is 16.6. The molecule has 4 rings (SSSR count). The first-order valence-corrected chi connectivity index (χ1v) is 9.44. The fraction of sp³-hybridized carbons (Fsp3) is 0. The number of fused-ring (bicyclic) bond motifs is 2. The third-order valence-corrected chi connectivity index (χ3v) is 5.35. The first-order valence-electron chi connectivity index (χ1n) is 7.06. The van der Waals surface area contributed by atoms with Crippen molar-refractivity contribution in [2.75, 3.05) is 0 Å². The maximum atomic E-state index is 4.83. The van der Waals surface area contributed by atoms with Crippen LogP contribution in [0.2, 0.25) is 0 Å². The molecular formula is C19H10Br3N. The summed E-state index contributed by atoms with van der Waals surface area (Å²) in [5.41, 5.74) is 4.39. The molecule has 0 amide bonds. The molecule has 0 aliphatic rings. The number of hydrogen-bond acceptors (Lipinski definition) is 1. The smallest absolute Gasteiger partial charge is 0.0727 e. The second-order valence-electron chi connectivity index (χ2n) is 5.32. The van der Waals surface area contributed by atoms with E-state index in [1.165, 1.54) is 11.1 Å². The molecule has 0 saturated carbocycles. The molecule has 0 unspecified atom stereocenters. The zero-order valence-electron chi connectivity index (χ0n) is 11.9. The summed E-state index contributed by atoms with van der Waals surface area (Å²) < 4.78 is 3.15. The van der Waals surface area contributed by atoms with Crippen LogP contribution in [0.4, 0.5) is 0 Å². The van der Waals surface area contributed by atoms with Gasteiger partial charge in [-0.05, 0) is 42.0 Å². The number of halogens is 3. The van der Waals surface area contributed by atoms with Gasteiger partial charge in [-0.25, -0.2) is 4.98 Å². The summed E-state index contributed by atoms with van der Waals surface area (Å²) in [6, 6.07) is 21.0. The molecule has 0 bridgehead atoms. The second kappa shape index (κ2) is 6.00. The van der Waals surface area contributed by atoms with Gasteiger partial charge in [0.15, 0.2) is 0 Å². The summed E-state index contributed by atoms with van der Waals surface area (Å²) in [5, 5.41) is 2.32. The predicted molar refractivity (Wildman–Crippen MR) is 108 cm³/mol. The van der Waals surface area contributed by atoms with Gasteiger partial charge in [-0.3, -0.25) is 0 Å². The standard InChI is InChI=1S/C19H10Br3N/c20-12-3-1-11(2-4-12)19-15-7-5-13(21)9-17(15)23-18-10-14(22)6-8-16(18)19/h1-10H. The molecule has 3 aromatic carbocycles. The molecule has 4 heteroatoms. The molecule has 0 aliphatic carbocycles. The molecule has 0 spiro atoms. The Hall–Kier alpha value is -1.23. The van der Waals surface area contributed by atoms with Crippen LogP contribution in [-0.2, 0) is 0 Å². The molecule has 1 nitrogen and oxygen atoms in total. The fourth-order valence-corrected chi connectivity index (χ4v) is 3.78. The van der Waals surface area contributed by atoms with Crippen molar-refractivity contribution in [3.8, 4) is 11.1 Å². The maximum absolute atomic E-state index is 4.83. The molecule has 0 radical (unpaired) electrons. The lowest BCUT2D eigenvalue weighted by Gasteiger charge is -2.12. The molecule has 1 heterocycles. The number of rotatable bonds is 1. The van der Waals surface area contributed by atoms with Crippen LogP contribution in [0.25, 0.3) is 32.9 Å². The second-order valence-corrected chi connectivity index (χ2v) is 8.06. The summed E-state index contributed by atoms with van der Waals surface area (Å²) >= 11 is 10.6. The Morgan fingerprint density at radius 1 is 0.565 bits per heavy atom. The molecule has 0 saturated heterocycles. The lowest BCUT2D eigenvalue weighted by Crippen LogP contribution is -1.89. The molecule has 4 aromatic rings. The lowest BCUT2D eigenvalue weighted by molar-refractivity contribution is 1.48. The van der Waals surface area contributed by atoms with Gasteiger partial charge >= 0.3 is 0 Å². The minimum absolute atomic E-state index is 0.989. The van der Waals surface area contributed by atoms with Gasteiger partial charge in [0.2, 0.25) is 0 Å². The average molecular weight is 492 g/mol. The van der Waals surface area contributed by atoms with Crippen LogP contribution in [-0.4, -0.2) is 4.98 Å². The van der Waals surface area contributed by atoms with Crippen LogP contribution in [0, 0.1) is 0 Å². The Balaban J connectivity index is 2.18. The Morgan fingerprint density at radius 2 is 1.04 bits per heavy atom. The summed E-state index contributed by atoms with van der Waals surface area (Å²) in [6.45, 7) is 0. The van der Waals surface area contributed by atoms with Gasteiger partial charge in [0.25, 0.3) is 0 Å². The molecular weight excluding hydrogens is 482 g/mol. The molecule has 1 aromatic heterocycles. The topological polar surface area (TPSA) is 12.9 Å². The van der Waals surface area contributed by atoms with Gasteiger partial charge in [-0.2, -0.15) is 0 Å². The Labute approximate surface area is 159 Å². The molecule has 112 valence electrons. The minimum Gasteiger partial charge on any atom is -0.248 e. The van der Waals surface area contributed by atoms with Crippen LogP contribution < -0.4 is 0 Å². The number of aromatic nitrogens is 1. The van der Waals surface area contributed by atoms with Crippen molar-refractivity contribution in [3.05, 3.63) is 74.1 Å². The third-order valence-electron chi connectivity index (χ3n) is 3.83. The van der Waals surface area contributed by atoms with E-state index in [9.17, 15) is 0 Å². The van der Waals surface area contributed by atoms with E-state index in [-0.39, 0.29) is 0 Å². The van der Waals surface area contributed by atoms with E-state index in [1.807, 2.05) is 0 Å². The number of benzene rings is 3. The van der Waals surface area contributed by atoms with Crippen LogP contribution in [0.3, 0.4) is 0 Å². The van der Waals surface area contributed by atoms with Crippen molar-refractivity contribution in [3.63, 3.8) is 0 Å². The van der Waals surface area contributed by atoms with Crippen molar-refractivity contribution >= 4 is 69.6 Å². The van der Waals surface area contributed by atoms with Crippen molar-refractivity contribution in [1.82, 2.24) is 4.98 Å². The minimum atomic E-state index is 0.989. The summed E-state index contributed by atoms with van der Waals surface area (Å²) in [4.78, 5) is 4.83. The molecule has 0 fully saturated rings. The van der Waals surface area contributed by atoms with Crippen LogP contribution in [0.5, 0.6) is 0 Å². The van der Waals surface area contributed by atoms with Gasteiger partial charge < -0.3 is 0 Å². The maximum Gasteiger partial charge on any atom is 0.0727 e. The highest BCUT2D eigenvalue weighted by atomic mass is 79.9. The summed E-state index contributed by atoms with van der Waals surface area (Å²) in [7, 11) is 0. The number of nitrogens with zero attached hydrogens (tertiary/aromatic N) is 1. The van der Waals surface area contributed by atoms with Gasteiger partial charge in [0.05, 0.1) is 11.0 Å². The molecule has 23 heavy (non-hydrogen) atoms. The highest BCUT2D eigenvalue weighted by molar-refractivity contribution is 9.11. The van der Waals surface area contributed by atoms with E-state index in [0.717, 1.165) is 35.2 Å². The lowest BCUT2D eigenvalue weighted by atomic mass is 9.96. The van der Waals surface area contributed by atoms with E-state index in [4.69, 9.17) is 4.98 Å².